The Kier molecular flexibility index (Phi) is 4.82. The lowest BCUT2D eigenvalue weighted by atomic mass is 9.95. The van der Waals surface area contributed by atoms with Crippen molar-refractivity contribution < 1.29 is 4.79 Å². The summed E-state index contributed by atoms with van der Waals surface area (Å²) in [7, 11) is 0. The lowest BCUT2D eigenvalue weighted by Crippen LogP contribution is -2.34. The summed E-state index contributed by atoms with van der Waals surface area (Å²) >= 11 is 0. The third-order valence-electron chi connectivity index (χ3n) is 5.18. The van der Waals surface area contributed by atoms with Gasteiger partial charge in [0.1, 0.15) is 0 Å². The molecule has 120 valence electrons. The fourth-order valence-corrected chi connectivity index (χ4v) is 3.60. The molecule has 2 fully saturated rings. The summed E-state index contributed by atoms with van der Waals surface area (Å²) < 4.78 is 0. The summed E-state index contributed by atoms with van der Waals surface area (Å²) in [6.07, 6.45) is 10.9. The van der Waals surface area contributed by atoms with Gasteiger partial charge in [-0.15, -0.1) is 0 Å². The molecule has 0 unspecified atom stereocenters. The third kappa shape index (κ3) is 3.89. The lowest BCUT2D eigenvalue weighted by Gasteiger charge is -2.18. The molecule has 0 radical (unpaired) electrons. The number of amides is 1. The molecule has 0 bridgehead atoms. The van der Waals surface area contributed by atoms with E-state index in [0.29, 0.717) is 12.5 Å². The second-order valence-corrected chi connectivity index (χ2v) is 7.07. The number of benzene rings is 1. The Morgan fingerprint density at radius 2 is 1.82 bits per heavy atom. The van der Waals surface area contributed by atoms with Crippen LogP contribution in [0.4, 0.5) is 0 Å². The van der Waals surface area contributed by atoms with Crippen molar-refractivity contribution in [3.63, 3.8) is 0 Å². The van der Waals surface area contributed by atoms with E-state index in [1.807, 2.05) is 6.07 Å². The molecule has 3 heteroatoms. The molecule has 3 rings (SSSR count). The van der Waals surface area contributed by atoms with E-state index in [4.69, 9.17) is 5.73 Å². The molecule has 0 atom stereocenters. The molecule has 3 nitrogen and oxygen atoms in total. The molecular formula is C19H28N2O. The molecule has 2 aliphatic carbocycles. The molecule has 1 aromatic rings. The van der Waals surface area contributed by atoms with Gasteiger partial charge in [-0.1, -0.05) is 49.9 Å². The van der Waals surface area contributed by atoms with E-state index in [0.717, 1.165) is 32.1 Å². The minimum atomic E-state index is -0.117. The standard InChI is InChI=1S/C19H28N2O/c20-19(13-14-19)17-10-6-5-7-15(17)11-12-18(22)21-16-8-3-1-2-4-9-16/h5-7,10,16H,1-4,8-9,11-14,20H2,(H,21,22). The number of carbonyl (C=O) groups excluding carboxylic acids is 1. The van der Waals surface area contributed by atoms with Gasteiger partial charge in [-0.25, -0.2) is 0 Å². The molecular weight excluding hydrogens is 272 g/mol. The van der Waals surface area contributed by atoms with Crippen molar-refractivity contribution in [2.45, 2.75) is 75.8 Å². The monoisotopic (exact) mass is 300 g/mol. The van der Waals surface area contributed by atoms with E-state index in [1.54, 1.807) is 0 Å². The maximum absolute atomic E-state index is 12.2. The summed E-state index contributed by atoms with van der Waals surface area (Å²) in [5, 5.41) is 3.23. The summed E-state index contributed by atoms with van der Waals surface area (Å²) in [4.78, 5) is 12.2. The predicted molar refractivity (Wildman–Crippen MR) is 89.5 cm³/mol. The number of hydrogen-bond acceptors (Lipinski definition) is 2. The predicted octanol–water partition coefficient (Wildman–Crippen LogP) is 3.41. The van der Waals surface area contributed by atoms with E-state index in [2.05, 4.69) is 23.5 Å². The van der Waals surface area contributed by atoms with Crippen molar-refractivity contribution in [3.8, 4) is 0 Å². The Balaban J connectivity index is 1.53. The number of rotatable bonds is 5. The first kappa shape index (κ1) is 15.5. The molecule has 2 saturated carbocycles. The van der Waals surface area contributed by atoms with Crippen LogP contribution in [0.3, 0.4) is 0 Å². The quantitative estimate of drug-likeness (QED) is 0.819. The van der Waals surface area contributed by atoms with E-state index in [-0.39, 0.29) is 11.4 Å². The Morgan fingerprint density at radius 1 is 1.14 bits per heavy atom. The number of carbonyl (C=O) groups is 1. The summed E-state index contributed by atoms with van der Waals surface area (Å²) in [6.45, 7) is 0. The van der Waals surface area contributed by atoms with Gasteiger partial charge in [-0.05, 0) is 43.2 Å². The second kappa shape index (κ2) is 6.82. The Bertz CT molecular complexity index is 514. The smallest absolute Gasteiger partial charge is 0.220 e. The van der Waals surface area contributed by atoms with Crippen LogP contribution in [0.2, 0.25) is 0 Å². The largest absolute Gasteiger partial charge is 0.353 e. The van der Waals surface area contributed by atoms with Crippen molar-refractivity contribution in [1.82, 2.24) is 5.32 Å². The van der Waals surface area contributed by atoms with Gasteiger partial charge in [0.15, 0.2) is 0 Å². The van der Waals surface area contributed by atoms with Gasteiger partial charge in [-0.2, -0.15) is 0 Å². The van der Waals surface area contributed by atoms with Crippen LogP contribution in [-0.4, -0.2) is 11.9 Å². The molecule has 0 aromatic heterocycles. The average Bonchev–Trinajstić information content (AvgIpc) is 3.31. The fraction of sp³-hybridized carbons (Fsp3) is 0.632. The summed E-state index contributed by atoms with van der Waals surface area (Å²) in [5.74, 6) is 0.198. The third-order valence-corrected chi connectivity index (χ3v) is 5.18. The number of aryl methyl sites for hydroxylation is 1. The zero-order chi connectivity index (χ0) is 15.4. The molecule has 0 heterocycles. The van der Waals surface area contributed by atoms with Gasteiger partial charge in [0.05, 0.1) is 0 Å². The highest BCUT2D eigenvalue weighted by Crippen LogP contribution is 2.44. The topological polar surface area (TPSA) is 55.1 Å². The van der Waals surface area contributed by atoms with Gasteiger partial charge >= 0.3 is 0 Å². The van der Waals surface area contributed by atoms with Gasteiger partial charge in [0, 0.05) is 18.0 Å². The number of hydrogen-bond donors (Lipinski definition) is 2. The zero-order valence-corrected chi connectivity index (χ0v) is 13.4. The van der Waals surface area contributed by atoms with Gasteiger partial charge in [-0.3, -0.25) is 4.79 Å². The number of nitrogens with two attached hydrogens (primary N) is 1. The first-order chi connectivity index (χ1) is 10.7. The molecule has 0 spiro atoms. The molecule has 0 aliphatic heterocycles. The second-order valence-electron chi connectivity index (χ2n) is 7.07. The minimum Gasteiger partial charge on any atom is -0.353 e. The lowest BCUT2D eigenvalue weighted by molar-refractivity contribution is -0.121. The van der Waals surface area contributed by atoms with Crippen molar-refractivity contribution >= 4 is 5.91 Å². The summed E-state index contributed by atoms with van der Waals surface area (Å²) in [5.41, 5.74) is 8.72. The van der Waals surface area contributed by atoms with Crippen LogP contribution in [0.15, 0.2) is 24.3 Å². The fourth-order valence-electron chi connectivity index (χ4n) is 3.60. The highest BCUT2D eigenvalue weighted by Gasteiger charge is 2.41. The van der Waals surface area contributed by atoms with E-state index < -0.39 is 0 Å². The van der Waals surface area contributed by atoms with E-state index in [9.17, 15) is 4.79 Å². The van der Waals surface area contributed by atoms with Crippen molar-refractivity contribution in [2.75, 3.05) is 0 Å². The average molecular weight is 300 g/mol. The van der Waals surface area contributed by atoms with E-state index in [1.165, 1.54) is 36.8 Å². The molecule has 22 heavy (non-hydrogen) atoms. The number of nitrogens with one attached hydrogen (secondary N) is 1. The highest BCUT2D eigenvalue weighted by atomic mass is 16.1. The Morgan fingerprint density at radius 3 is 2.50 bits per heavy atom. The van der Waals surface area contributed by atoms with Crippen LogP contribution in [0, 0.1) is 0 Å². The molecule has 1 aromatic carbocycles. The van der Waals surface area contributed by atoms with Gasteiger partial charge < -0.3 is 11.1 Å². The molecule has 1 amide bonds. The highest BCUT2D eigenvalue weighted by molar-refractivity contribution is 5.76. The summed E-state index contributed by atoms with van der Waals surface area (Å²) in [6, 6.07) is 8.76. The Labute approximate surface area is 133 Å². The molecule has 3 N–H and O–H groups in total. The first-order valence-corrected chi connectivity index (χ1v) is 8.84. The van der Waals surface area contributed by atoms with Crippen LogP contribution < -0.4 is 11.1 Å². The zero-order valence-electron chi connectivity index (χ0n) is 13.4. The molecule has 0 saturated heterocycles. The van der Waals surface area contributed by atoms with Crippen LogP contribution in [0.5, 0.6) is 0 Å². The van der Waals surface area contributed by atoms with Gasteiger partial charge in [0.25, 0.3) is 0 Å². The minimum absolute atomic E-state index is 0.117. The Hall–Kier alpha value is -1.35. The van der Waals surface area contributed by atoms with Crippen LogP contribution in [-0.2, 0) is 16.8 Å². The first-order valence-electron chi connectivity index (χ1n) is 8.84. The van der Waals surface area contributed by atoms with Crippen LogP contribution >= 0.6 is 0 Å². The maximum atomic E-state index is 12.2. The molecule has 2 aliphatic rings. The van der Waals surface area contributed by atoms with Crippen LogP contribution in [0.1, 0.15) is 68.9 Å². The van der Waals surface area contributed by atoms with Gasteiger partial charge in [0.2, 0.25) is 5.91 Å². The maximum Gasteiger partial charge on any atom is 0.220 e. The van der Waals surface area contributed by atoms with Crippen LogP contribution in [0.25, 0.3) is 0 Å². The van der Waals surface area contributed by atoms with Crippen molar-refractivity contribution in [1.29, 1.82) is 0 Å². The normalized spacial score (nSPS) is 21.1. The van der Waals surface area contributed by atoms with E-state index >= 15 is 0 Å². The van der Waals surface area contributed by atoms with Crippen molar-refractivity contribution in [3.05, 3.63) is 35.4 Å². The SMILES string of the molecule is NC1(c2ccccc2CCC(=O)NC2CCCCCC2)CC1. The van der Waals surface area contributed by atoms with Crippen molar-refractivity contribution in [2.24, 2.45) is 5.73 Å².